The molecule has 0 atom stereocenters. The third-order valence-corrected chi connectivity index (χ3v) is 2.63. The second kappa shape index (κ2) is 5.34. The van der Waals surface area contributed by atoms with Gasteiger partial charge in [-0.1, -0.05) is 0 Å². The minimum atomic E-state index is -0.675. The molecule has 1 heterocycles. The molecule has 1 N–H and O–H groups in total. The number of nitrogens with zero attached hydrogens (tertiary/aromatic N) is 4. The molecule has 0 aliphatic carbocycles. The summed E-state index contributed by atoms with van der Waals surface area (Å²) in [4.78, 5) is 20.3. The molecule has 0 fully saturated rings. The predicted octanol–water partition coefficient (Wildman–Crippen LogP) is 2.46. The van der Waals surface area contributed by atoms with Crippen LogP contribution >= 0.6 is 0 Å². The van der Waals surface area contributed by atoms with Crippen LogP contribution in [0.15, 0.2) is 30.6 Å². The van der Waals surface area contributed by atoms with Crippen LogP contribution in [0.1, 0.15) is 6.92 Å². The summed E-state index contributed by atoms with van der Waals surface area (Å²) in [5, 5.41) is 28.5. The first-order valence-electron chi connectivity index (χ1n) is 5.73. The van der Waals surface area contributed by atoms with Crippen LogP contribution in [-0.4, -0.2) is 19.6 Å². The van der Waals surface area contributed by atoms with Crippen molar-refractivity contribution >= 4 is 22.7 Å². The molecule has 0 spiro atoms. The summed E-state index contributed by atoms with van der Waals surface area (Å²) >= 11 is 0. The van der Waals surface area contributed by atoms with Crippen molar-refractivity contribution in [2.45, 2.75) is 13.5 Å². The van der Waals surface area contributed by atoms with Crippen LogP contribution in [0.3, 0.4) is 0 Å². The van der Waals surface area contributed by atoms with Crippen LogP contribution in [0.5, 0.6) is 0 Å². The summed E-state index contributed by atoms with van der Waals surface area (Å²) in [7, 11) is 0. The van der Waals surface area contributed by atoms with Gasteiger partial charge in [-0.25, -0.2) is 0 Å². The fourth-order valence-corrected chi connectivity index (χ4v) is 1.65. The van der Waals surface area contributed by atoms with E-state index in [4.69, 9.17) is 0 Å². The SMILES string of the molecule is CCn1cc(Nc2ccc([N+](=O)[O-])cc2[N+](=O)[O-])cn1. The number of benzene rings is 1. The van der Waals surface area contributed by atoms with Crippen LogP contribution in [0.2, 0.25) is 0 Å². The van der Waals surface area contributed by atoms with Crippen LogP contribution in [0.25, 0.3) is 0 Å². The van der Waals surface area contributed by atoms with E-state index in [1.165, 1.54) is 18.3 Å². The third-order valence-electron chi connectivity index (χ3n) is 2.63. The van der Waals surface area contributed by atoms with Gasteiger partial charge in [0.15, 0.2) is 0 Å². The van der Waals surface area contributed by atoms with E-state index in [1.54, 1.807) is 10.9 Å². The van der Waals surface area contributed by atoms with E-state index >= 15 is 0 Å². The largest absolute Gasteiger partial charge is 0.347 e. The van der Waals surface area contributed by atoms with Gasteiger partial charge in [0, 0.05) is 18.8 Å². The molecule has 104 valence electrons. The van der Waals surface area contributed by atoms with E-state index in [2.05, 4.69) is 10.4 Å². The molecular formula is C11H11N5O4. The maximum atomic E-state index is 11.0. The second-order valence-corrected chi connectivity index (χ2v) is 3.93. The Hall–Kier alpha value is -2.97. The molecule has 20 heavy (non-hydrogen) atoms. The standard InChI is InChI=1S/C11H11N5O4/c1-2-14-7-8(6-12-14)13-10-4-3-9(15(17)18)5-11(10)16(19)20/h3-7,13H,2H2,1H3. The minimum Gasteiger partial charge on any atom is -0.347 e. The Morgan fingerprint density at radius 2 is 2.05 bits per heavy atom. The normalized spacial score (nSPS) is 10.2. The molecule has 1 aromatic heterocycles. The number of aryl methyl sites for hydroxylation is 1. The summed E-state index contributed by atoms with van der Waals surface area (Å²) in [6.45, 7) is 2.58. The van der Waals surface area contributed by atoms with Gasteiger partial charge in [-0.15, -0.1) is 0 Å². The number of nitro benzene ring substituents is 2. The van der Waals surface area contributed by atoms with Gasteiger partial charge in [-0.05, 0) is 13.0 Å². The maximum absolute atomic E-state index is 11.0. The molecule has 1 aromatic carbocycles. The number of hydrogen-bond acceptors (Lipinski definition) is 6. The average Bonchev–Trinajstić information content (AvgIpc) is 2.86. The summed E-state index contributed by atoms with van der Waals surface area (Å²) in [5.41, 5.74) is 0.0648. The number of nitro groups is 2. The van der Waals surface area contributed by atoms with Crippen LogP contribution in [-0.2, 0) is 6.54 Å². The van der Waals surface area contributed by atoms with Gasteiger partial charge in [0.2, 0.25) is 0 Å². The van der Waals surface area contributed by atoms with E-state index < -0.39 is 9.85 Å². The molecule has 0 unspecified atom stereocenters. The molecule has 9 nitrogen and oxygen atoms in total. The Bertz CT molecular complexity index is 667. The Morgan fingerprint density at radius 3 is 2.60 bits per heavy atom. The molecule has 0 aliphatic heterocycles. The minimum absolute atomic E-state index is 0.177. The lowest BCUT2D eigenvalue weighted by molar-refractivity contribution is -0.393. The van der Waals surface area contributed by atoms with Crippen molar-refractivity contribution in [1.82, 2.24) is 9.78 Å². The average molecular weight is 277 g/mol. The van der Waals surface area contributed by atoms with Crippen LogP contribution in [0.4, 0.5) is 22.7 Å². The molecule has 9 heteroatoms. The van der Waals surface area contributed by atoms with Gasteiger partial charge < -0.3 is 5.32 Å². The fraction of sp³-hybridized carbons (Fsp3) is 0.182. The third kappa shape index (κ3) is 2.71. The van der Waals surface area contributed by atoms with Crippen molar-refractivity contribution in [1.29, 1.82) is 0 Å². The van der Waals surface area contributed by atoms with Gasteiger partial charge in [0.25, 0.3) is 11.4 Å². The first-order valence-corrected chi connectivity index (χ1v) is 5.73. The maximum Gasteiger partial charge on any atom is 0.299 e. The second-order valence-electron chi connectivity index (χ2n) is 3.93. The lowest BCUT2D eigenvalue weighted by atomic mass is 10.2. The van der Waals surface area contributed by atoms with Crippen molar-refractivity contribution < 1.29 is 9.85 Å². The van der Waals surface area contributed by atoms with Crippen molar-refractivity contribution in [3.63, 3.8) is 0 Å². The quantitative estimate of drug-likeness (QED) is 0.662. The smallest absolute Gasteiger partial charge is 0.299 e. The van der Waals surface area contributed by atoms with E-state index in [0.717, 1.165) is 6.07 Å². The number of non-ortho nitro benzene ring substituents is 1. The van der Waals surface area contributed by atoms with Gasteiger partial charge in [0.1, 0.15) is 5.69 Å². The van der Waals surface area contributed by atoms with E-state index in [-0.39, 0.29) is 17.1 Å². The molecule has 2 rings (SSSR count). The highest BCUT2D eigenvalue weighted by molar-refractivity contribution is 5.71. The first kappa shape index (κ1) is 13.5. The van der Waals surface area contributed by atoms with Crippen molar-refractivity contribution in [3.8, 4) is 0 Å². The number of anilines is 2. The topological polar surface area (TPSA) is 116 Å². The van der Waals surface area contributed by atoms with Crippen LogP contribution < -0.4 is 5.32 Å². The first-order chi connectivity index (χ1) is 9.51. The molecule has 0 bridgehead atoms. The number of nitrogens with one attached hydrogen (secondary N) is 1. The van der Waals surface area contributed by atoms with E-state index in [0.29, 0.717) is 12.2 Å². The van der Waals surface area contributed by atoms with E-state index in [9.17, 15) is 20.2 Å². The lowest BCUT2D eigenvalue weighted by Crippen LogP contribution is -1.98. The summed E-state index contributed by atoms with van der Waals surface area (Å²) < 4.78 is 1.65. The van der Waals surface area contributed by atoms with Crippen LogP contribution in [0, 0.1) is 20.2 Å². The molecule has 0 aliphatic rings. The highest BCUT2D eigenvalue weighted by Gasteiger charge is 2.19. The molecule has 0 amide bonds. The summed E-state index contributed by atoms with van der Waals surface area (Å²) in [6.07, 6.45) is 3.21. The van der Waals surface area contributed by atoms with Gasteiger partial charge in [-0.3, -0.25) is 24.9 Å². The van der Waals surface area contributed by atoms with Gasteiger partial charge in [0.05, 0.1) is 27.8 Å². The highest BCUT2D eigenvalue weighted by atomic mass is 16.6. The number of hydrogen-bond donors (Lipinski definition) is 1. The van der Waals surface area contributed by atoms with Gasteiger partial charge >= 0.3 is 0 Å². The van der Waals surface area contributed by atoms with Crippen molar-refractivity contribution in [2.75, 3.05) is 5.32 Å². The zero-order valence-electron chi connectivity index (χ0n) is 10.5. The summed E-state index contributed by atoms with van der Waals surface area (Å²) in [6, 6.07) is 3.44. The zero-order valence-corrected chi connectivity index (χ0v) is 10.5. The Morgan fingerprint density at radius 1 is 1.30 bits per heavy atom. The lowest BCUT2D eigenvalue weighted by Gasteiger charge is -2.04. The Balaban J connectivity index is 2.35. The highest BCUT2D eigenvalue weighted by Crippen LogP contribution is 2.31. The Labute approximate surface area is 113 Å². The van der Waals surface area contributed by atoms with Crippen molar-refractivity contribution in [2.24, 2.45) is 0 Å². The molecule has 0 saturated heterocycles. The zero-order chi connectivity index (χ0) is 14.7. The number of aromatic nitrogens is 2. The Kier molecular flexibility index (Phi) is 3.60. The fourth-order valence-electron chi connectivity index (χ4n) is 1.65. The molecule has 0 radical (unpaired) electrons. The van der Waals surface area contributed by atoms with Crippen molar-refractivity contribution in [3.05, 3.63) is 50.8 Å². The van der Waals surface area contributed by atoms with Gasteiger partial charge in [-0.2, -0.15) is 5.10 Å². The van der Waals surface area contributed by atoms with E-state index in [1.807, 2.05) is 6.92 Å². The monoisotopic (exact) mass is 277 g/mol. The summed E-state index contributed by atoms with van der Waals surface area (Å²) in [5.74, 6) is 0. The predicted molar refractivity (Wildman–Crippen MR) is 70.9 cm³/mol. The molecule has 2 aromatic rings. The number of rotatable bonds is 5. The molecule has 0 saturated carbocycles. The molecular weight excluding hydrogens is 266 g/mol.